The Kier molecular flexibility index (Phi) is 5.88. The van der Waals surface area contributed by atoms with E-state index in [2.05, 4.69) is 48.6 Å². The lowest BCUT2D eigenvalue weighted by atomic mass is 10.1. The maximum Gasteiger partial charge on any atom is 0.233 e. The molecule has 0 radical (unpaired) electrons. The molecule has 0 aromatic heterocycles. The van der Waals surface area contributed by atoms with Crippen LogP contribution in [0.2, 0.25) is 0 Å². The predicted molar refractivity (Wildman–Crippen MR) is 90.2 cm³/mol. The van der Waals surface area contributed by atoms with Crippen LogP contribution in [-0.4, -0.2) is 11.2 Å². The first-order valence-corrected chi connectivity index (χ1v) is 8.19. The van der Waals surface area contributed by atoms with Gasteiger partial charge in [-0.15, -0.1) is 11.8 Å². The van der Waals surface area contributed by atoms with Gasteiger partial charge in [0.25, 0.3) is 0 Å². The first-order valence-electron chi connectivity index (χ1n) is 7.14. The number of thioether (sulfide) groups is 1. The number of benzene rings is 2. The Bertz CT molecular complexity index is 566. The van der Waals surface area contributed by atoms with Crippen LogP contribution in [0, 0.1) is 6.92 Å². The molecule has 0 unspecified atom stereocenters. The molecule has 2 aromatic carbocycles. The second kappa shape index (κ2) is 7.89. The first kappa shape index (κ1) is 15.6. The molecule has 1 N–H and O–H groups in total. The largest absolute Gasteiger partial charge is 0.351 e. The highest BCUT2D eigenvalue weighted by Gasteiger charge is 2.12. The molecule has 0 saturated heterocycles. The number of rotatable bonds is 6. The lowest BCUT2D eigenvalue weighted by Gasteiger charge is -2.12. The van der Waals surface area contributed by atoms with E-state index >= 15 is 0 Å². The minimum atomic E-state index is -0.0457. The lowest BCUT2D eigenvalue weighted by Crippen LogP contribution is -2.30. The molecule has 2 rings (SSSR count). The first-order chi connectivity index (χ1) is 10.1. The summed E-state index contributed by atoms with van der Waals surface area (Å²) in [6.07, 6.45) is 0. The Morgan fingerprint density at radius 1 is 1.05 bits per heavy atom. The van der Waals surface area contributed by atoms with Gasteiger partial charge >= 0.3 is 0 Å². The van der Waals surface area contributed by atoms with Crippen molar-refractivity contribution in [3.8, 4) is 0 Å². The van der Waals surface area contributed by atoms with Crippen molar-refractivity contribution in [2.24, 2.45) is 0 Å². The van der Waals surface area contributed by atoms with E-state index in [1.54, 1.807) is 11.8 Å². The Hall–Kier alpha value is -1.74. The van der Waals surface area contributed by atoms with Gasteiger partial charge < -0.3 is 5.32 Å². The van der Waals surface area contributed by atoms with Crippen molar-refractivity contribution in [1.29, 1.82) is 0 Å². The van der Waals surface area contributed by atoms with Gasteiger partial charge in [0, 0.05) is 12.3 Å². The topological polar surface area (TPSA) is 29.1 Å². The number of aryl methyl sites for hydroxylation is 1. The van der Waals surface area contributed by atoms with Gasteiger partial charge in [-0.1, -0.05) is 60.2 Å². The summed E-state index contributed by atoms with van der Waals surface area (Å²) >= 11 is 1.66. The summed E-state index contributed by atoms with van der Waals surface area (Å²) in [6, 6.07) is 18.5. The van der Waals surface area contributed by atoms with Crippen molar-refractivity contribution in [3.63, 3.8) is 0 Å². The van der Waals surface area contributed by atoms with Gasteiger partial charge in [0.2, 0.25) is 5.91 Å². The van der Waals surface area contributed by atoms with Crippen LogP contribution in [0.4, 0.5) is 0 Å². The molecule has 21 heavy (non-hydrogen) atoms. The molecule has 1 amide bonds. The van der Waals surface area contributed by atoms with Crippen molar-refractivity contribution in [3.05, 3.63) is 71.3 Å². The number of nitrogens with one attached hydrogen (secondary N) is 1. The van der Waals surface area contributed by atoms with Crippen LogP contribution in [0.15, 0.2) is 54.6 Å². The van der Waals surface area contributed by atoms with Crippen LogP contribution < -0.4 is 5.32 Å². The van der Waals surface area contributed by atoms with Crippen LogP contribution in [0.25, 0.3) is 0 Å². The van der Waals surface area contributed by atoms with Crippen LogP contribution in [0.3, 0.4) is 0 Å². The molecule has 0 fully saturated rings. The molecular formula is C18H21NOS. The van der Waals surface area contributed by atoms with E-state index in [1.165, 1.54) is 11.1 Å². The molecule has 0 spiro atoms. The molecule has 3 heteroatoms. The molecule has 0 bridgehead atoms. The highest BCUT2D eigenvalue weighted by Crippen LogP contribution is 2.17. The van der Waals surface area contributed by atoms with E-state index in [0.29, 0.717) is 6.54 Å². The molecule has 0 aliphatic heterocycles. The summed E-state index contributed by atoms with van der Waals surface area (Å²) in [4.78, 5) is 12.1. The number of hydrogen-bond donors (Lipinski definition) is 1. The van der Waals surface area contributed by atoms with Gasteiger partial charge in [-0.05, 0) is 25.0 Å². The third-order valence-corrected chi connectivity index (χ3v) is 4.51. The second-order valence-corrected chi connectivity index (χ2v) is 6.47. The molecule has 110 valence electrons. The van der Waals surface area contributed by atoms with E-state index in [1.807, 2.05) is 25.1 Å². The minimum absolute atomic E-state index is 0.0457. The fourth-order valence-electron chi connectivity index (χ4n) is 1.91. The molecule has 2 nitrogen and oxygen atoms in total. The van der Waals surface area contributed by atoms with Crippen LogP contribution in [0.5, 0.6) is 0 Å². The number of carbonyl (C=O) groups excluding carboxylic acids is 1. The van der Waals surface area contributed by atoms with Gasteiger partial charge in [-0.3, -0.25) is 4.79 Å². The lowest BCUT2D eigenvalue weighted by molar-refractivity contribution is -0.120. The van der Waals surface area contributed by atoms with Crippen molar-refractivity contribution >= 4 is 17.7 Å². The van der Waals surface area contributed by atoms with Gasteiger partial charge in [0.05, 0.1) is 5.25 Å². The normalized spacial score (nSPS) is 11.9. The minimum Gasteiger partial charge on any atom is -0.351 e. The molecule has 0 heterocycles. The Labute approximate surface area is 131 Å². The predicted octanol–water partition coefficient (Wildman–Crippen LogP) is 3.93. The number of hydrogen-bond acceptors (Lipinski definition) is 2. The maximum atomic E-state index is 12.1. The van der Waals surface area contributed by atoms with Crippen molar-refractivity contribution in [2.45, 2.75) is 31.4 Å². The molecular weight excluding hydrogens is 278 g/mol. The summed E-state index contributed by atoms with van der Waals surface area (Å²) in [5, 5.41) is 2.95. The van der Waals surface area contributed by atoms with E-state index in [0.717, 1.165) is 11.3 Å². The third-order valence-electron chi connectivity index (χ3n) is 3.30. The Balaban J connectivity index is 1.76. The van der Waals surface area contributed by atoms with Gasteiger partial charge in [0.1, 0.15) is 0 Å². The maximum absolute atomic E-state index is 12.1. The zero-order valence-electron chi connectivity index (χ0n) is 12.5. The Morgan fingerprint density at radius 2 is 1.71 bits per heavy atom. The summed E-state index contributed by atoms with van der Waals surface area (Å²) in [5.74, 6) is 0.955. The van der Waals surface area contributed by atoms with E-state index < -0.39 is 0 Å². The van der Waals surface area contributed by atoms with Crippen LogP contribution >= 0.6 is 11.8 Å². The summed E-state index contributed by atoms with van der Waals surface area (Å²) in [7, 11) is 0. The Morgan fingerprint density at radius 3 is 2.38 bits per heavy atom. The van der Waals surface area contributed by atoms with Crippen LogP contribution in [0.1, 0.15) is 23.6 Å². The monoisotopic (exact) mass is 299 g/mol. The number of carbonyl (C=O) groups is 1. The van der Waals surface area contributed by atoms with Crippen molar-refractivity contribution < 1.29 is 4.79 Å². The van der Waals surface area contributed by atoms with E-state index in [-0.39, 0.29) is 11.2 Å². The highest BCUT2D eigenvalue weighted by molar-refractivity contribution is 7.99. The van der Waals surface area contributed by atoms with E-state index in [4.69, 9.17) is 0 Å². The zero-order valence-corrected chi connectivity index (χ0v) is 13.3. The SMILES string of the molecule is Cc1ccc(CNC(=O)[C@@H](C)SCc2ccccc2)cc1. The second-order valence-electron chi connectivity index (χ2n) is 5.14. The molecule has 0 saturated carbocycles. The van der Waals surface area contributed by atoms with Gasteiger partial charge in [0.15, 0.2) is 0 Å². The average molecular weight is 299 g/mol. The summed E-state index contributed by atoms with van der Waals surface area (Å²) < 4.78 is 0. The smallest absolute Gasteiger partial charge is 0.233 e. The van der Waals surface area contributed by atoms with Gasteiger partial charge in [-0.25, -0.2) is 0 Å². The van der Waals surface area contributed by atoms with Gasteiger partial charge in [-0.2, -0.15) is 0 Å². The standard InChI is InChI=1S/C18H21NOS/c1-14-8-10-16(11-9-14)12-19-18(20)15(2)21-13-17-6-4-3-5-7-17/h3-11,15H,12-13H2,1-2H3,(H,19,20)/t15-/m1/s1. The van der Waals surface area contributed by atoms with Crippen molar-refractivity contribution in [2.75, 3.05) is 0 Å². The molecule has 1 atom stereocenters. The summed E-state index contributed by atoms with van der Waals surface area (Å²) in [5.41, 5.74) is 3.62. The average Bonchev–Trinajstić information content (AvgIpc) is 2.52. The summed E-state index contributed by atoms with van der Waals surface area (Å²) in [6.45, 7) is 4.61. The fourth-order valence-corrected chi connectivity index (χ4v) is 2.78. The highest BCUT2D eigenvalue weighted by atomic mass is 32.2. The molecule has 0 aliphatic rings. The fraction of sp³-hybridized carbons (Fsp3) is 0.278. The zero-order chi connectivity index (χ0) is 15.1. The molecule has 2 aromatic rings. The van der Waals surface area contributed by atoms with Crippen LogP contribution in [-0.2, 0) is 17.1 Å². The van der Waals surface area contributed by atoms with E-state index in [9.17, 15) is 4.79 Å². The number of amides is 1. The van der Waals surface area contributed by atoms with Crippen molar-refractivity contribution in [1.82, 2.24) is 5.32 Å². The molecule has 0 aliphatic carbocycles. The third kappa shape index (κ3) is 5.27. The quantitative estimate of drug-likeness (QED) is 0.875.